The van der Waals surface area contributed by atoms with E-state index in [-0.39, 0.29) is 23.6 Å². The molecule has 22 heavy (non-hydrogen) atoms. The number of thiocarbonyl (C=S) groups is 1. The van der Waals surface area contributed by atoms with E-state index in [0.29, 0.717) is 5.11 Å². The van der Waals surface area contributed by atoms with E-state index in [1.807, 2.05) is 17.0 Å². The van der Waals surface area contributed by atoms with Crippen molar-refractivity contribution in [2.75, 3.05) is 34.4 Å². The first-order valence-corrected chi connectivity index (χ1v) is 9.83. The van der Waals surface area contributed by atoms with Crippen molar-refractivity contribution >= 4 is 38.5 Å². The Bertz CT molecular complexity index is 669. The van der Waals surface area contributed by atoms with E-state index >= 15 is 0 Å². The predicted molar refractivity (Wildman–Crippen MR) is 94.4 cm³/mol. The first kappa shape index (κ1) is 15.6. The van der Waals surface area contributed by atoms with Crippen LogP contribution in [-0.2, 0) is 9.84 Å². The fourth-order valence-electron chi connectivity index (χ4n) is 3.32. The summed E-state index contributed by atoms with van der Waals surface area (Å²) in [5.74, 6) is 0.342. The summed E-state index contributed by atoms with van der Waals surface area (Å²) in [6.07, 6.45) is 0. The summed E-state index contributed by atoms with van der Waals surface area (Å²) in [6, 6.07) is 8.02. The molecule has 1 N–H and O–H groups in total. The molecule has 0 saturated carbocycles. The molecule has 0 unspecified atom stereocenters. The first-order valence-electron chi connectivity index (χ1n) is 7.60. The van der Waals surface area contributed by atoms with Gasteiger partial charge >= 0.3 is 0 Å². The maximum Gasteiger partial charge on any atom is 0.174 e. The van der Waals surface area contributed by atoms with Gasteiger partial charge in [0.2, 0.25) is 0 Å². The van der Waals surface area contributed by atoms with E-state index in [2.05, 4.69) is 36.2 Å². The van der Waals surface area contributed by atoms with Crippen LogP contribution in [0.5, 0.6) is 0 Å². The maximum absolute atomic E-state index is 11.8. The van der Waals surface area contributed by atoms with Crippen LogP contribution in [0.15, 0.2) is 24.3 Å². The lowest BCUT2D eigenvalue weighted by molar-refractivity contribution is 0.600. The summed E-state index contributed by atoms with van der Waals surface area (Å²) >= 11 is 5.39. The summed E-state index contributed by atoms with van der Waals surface area (Å²) < 4.78 is 23.7. The Morgan fingerprint density at radius 1 is 1.23 bits per heavy atom. The maximum atomic E-state index is 11.8. The highest BCUT2D eigenvalue weighted by atomic mass is 32.2. The van der Waals surface area contributed by atoms with Gasteiger partial charge in [-0.05, 0) is 50.3 Å². The molecular formula is C15H21N3O2S2. The van der Waals surface area contributed by atoms with Crippen molar-refractivity contribution in [1.82, 2.24) is 5.32 Å². The molecule has 2 aliphatic heterocycles. The monoisotopic (exact) mass is 339 g/mol. The Morgan fingerprint density at radius 2 is 1.86 bits per heavy atom. The van der Waals surface area contributed by atoms with Crippen LogP contribution in [0, 0.1) is 0 Å². The number of benzene rings is 1. The fraction of sp³-hybridized carbons (Fsp3) is 0.533. The molecule has 2 heterocycles. The van der Waals surface area contributed by atoms with Crippen molar-refractivity contribution in [2.24, 2.45) is 0 Å². The van der Waals surface area contributed by atoms with Crippen molar-refractivity contribution < 1.29 is 8.42 Å². The van der Waals surface area contributed by atoms with Crippen molar-refractivity contribution in [3.8, 4) is 0 Å². The molecule has 2 aliphatic rings. The summed E-state index contributed by atoms with van der Waals surface area (Å²) in [5, 5.41) is 3.77. The number of anilines is 2. The van der Waals surface area contributed by atoms with Gasteiger partial charge in [-0.25, -0.2) is 8.42 Å². The number of nitrogens with one attached hydrogen (secondary N) is 1. The van der Waals surface area contributed by atoms with Gasteiger partial charge in [-0.15, -0.1) is 0 Å². The summed E-state index contributed by atoms with van der Waals surface area (Å²) in [6.45, 7) is 6.18. The minimum Gasteiger partial charge on any atom is -0.372 e. The molecule has 7 heteroatoms. The standard InChI is InChI=1S/C15H21N3O2S2/c1-3-17(4-2)11-5-7-12(8-6-11)18-14-10-22(19,20)9-13(14)16-15(18)21/h5-8,13-14H,3-4,9-10H2,1-2H3,(H,16,21)/t13-,14+/m0/s1. The lowest BCUT2D eigenvalue weighted by Gasteiger charge is -2.25. The quantitative estimate of drug-likeness (QED) is 0.837. The average Bonchev–Trinajstić information content (AvgIpc) is 2.91. The second kappa shape index (κ2) is 5.70. The highest BCUT2D eigenvalue weighted by Gasteiger charge is 2.47. The first-order chi connectivity index (χ1) is 10.4. The molecule has 0 spiro atoms. The Morgan fingerprint density at radius 3 is 2.45 bits per heavy atom. The zero-order valence-corrected chi connectivity index (χ0v) is 14.5. The molecule has 120 valence electrons. The van der Waals surface area contributed by atoms with Gasteiger partial charge in [0, 0.05) is 24.5 Å². The Labute approximate surface area is 137 Å². The van der Waals surface area contributed by atoms with Gasteiger partial charge in [0.15, 0.2) is 14.9 Å². The lowest BCUT2D eigenvalue weighted by atomic mass is 10.1. The van der Waals surface area contributed by atoms with Crippen molar-refractivity contribution in [1.29, 1.82) is 0 Å². The van der Waals surface area contributed by atoms with Gasteiger partial charge in [-0.2, -0.15) is 0 Å². The third kappa shape index (κ3) is 2.67. The second-order valence-corrected chi connectivity index (χ2v) is 8.30. The highest BCUT2D eigenvalue weighted by molar-refractivity contribution is 7.91. The van der Waals surface area contributed by atoms with Gasteiger partial charge in [0.1, 0.15) is 0 Å². The Hall–Kier alpha value is -1.34. The molecule has 0 amide bonds. The highest BCUT2D eigenvalue weighted by Crippen LogP contribution is 2.30. The summed E-state index contributed by atoms with van der Waals surface area (Å²) in [5.41, 5.74) is 2.13. The van der Waals surface area contributed by atoms with Crippen LogP contribution < -0.4 is 15.1 Å². The van der Waals surface area contributed by atoms with Crippen molar-refractivity contribution in [3.63, 3.8) is 0 Å². The second-order valence-electron chi connectivity index (χ2n) is 5.76. The summed E-state index contributed by atoms with van der Waals surface area (Å²) in [7, 11) is -2.97. The third-order valence-electron chi connectivity index (χ3n) is 4.44. The van der Waals surface area contributed by atoms with E-state index in [0.717, 1.165) is 18.8 Å². The van der Waals surface area contributed by atoms with Gasteiger partial charge in [0.05, 0.1) is 23.6 Å². The third-order valence-corrected chi connectivity index (χ3v) is 6.47. The molecule has 0 aliphatic carbocycles. The number of fused-ring (bicyclic) bond motifs is 1. The van der Waals surface area contributed by atoms with E-state index in [4.69, 9.17) is 12.2 Å². The van der Waals surface area contributed by atoms with Gasteiger partial charge in [-0.1, -0.05) is 0 Å². The molecule has 3 rings (SSSR count). The molecule has 0 aromatic heterocycles. The SMILES string of the molecule is CCN(CC)c1ccc(N2C(=S)N[C@H]3CS(=O)(=O)C[C@H]32)cc1. The van der Waals surface area contributed by atoms with Gasteiger partial charge < -0.3 is 15.1 Å². The van der Waals surface area contributed by atoms with Crippen LogP contribution in [0.25, 0.3) is 0 Å². The topological polar surface area (TPSA) is 52.6 Å². The van der Waals surface area contributed by atoms with Crippen LogP contribution in [0.2, 0.25) is 0 Å². The van der Waals surface area contributed by atoms with Gasteiger partial charge in [-0.3, -0.25) is 0 Å². The normalized spacial score (nSPS) is 25.9. The minimum absolute atomic E-state index is 0.0834. The number of nitrogens with zero attached hydrogens (tertiary/aromatic N) is 2. The van der Waals surface area contributed by atoms with Crippen molar-refractivity contribution in [3.05, 3.63) is 24.3 Å². The summed E-state index contributed by atoms with van der Waals surface area (Å²) in [4.78, 5) is 4.23. The number of hydrogen-bond acceptors (Lipinski definition) is 4. The Balaban J connectivity index is 1.86. The van der Waals surface area contributed by atoms with Crippen LogP contribution in [-0.4, -0.2) is 50.2 Å². The van der Waals surface area contributed by atoms with E-state index in [1.54, 1.807) is 0 Å². The fourth-order valence-corrected chi connectivity index (χ4v) is 5.60. The Kier molecular flexibility index (Phi) is 4.03. The largest absolute Gasteiger partial charge is 0.372 e. The molecular weight excluding hydrogens is 318 g/mol. The van der Waals surface area contributed by atoms with E-state index in [1.165, 1.54) is 5.69 Å². The molecule has 2 fully saturated rings. The van der Waals surface area contributed by atoms with Crippen LogP contribution >= 0.6 is 12.2 Å². The smallest absolute Gasteiger partial charge is 0.174 e. The molecule has 2 saturated heterocycles. The predicted octanol–water partition coefficient (Wildman–Crippen LogP) is 1.39. The molecule has 1 aromatic carbocycles. The minimum atomic E-state index is -2.97. The number of sulfone groups is 1. The molecule has 0 radical (unpaired) electrons. The molecule has 2 atom stereocenters. The van der Waals surface area contributed by atoms with E-state index < -0.39 is 9.84 Å². The van der Waals surface area contributed by atoms with Gasteiger partial charge in [0.25, 0.3) is 0 Å². The lowest BCUT2D eigenvalue weighted by Crippen LogP contribution is -2.36. The number of hydrogen-bond donors (Lipinski definition) is 1. The van der Waals surface area contributed by atoms with Crippen LogP contribution in [0.4, 0.5) is 11.4 Å². The zero-order valence-electron chi connectivity index (χ0n) is 12.8. The zero-order chi connectivity index (χ0) is 15.9. The average molecular weight is 339 g/mol. The van der Waals surface area contributed by atoms with Crippen LogP contribution in [0.3, 0.4) is 0 Å². The van der Waals surface area contributed by atoms with Crippen molar-refractivity contribution in [2.45, 2.75) is 25.9 Å². The van der Waals surface area contributed by atoms with E-state index in [9.17, 15) is 8.42 Å². The molecule has 1 aromatic rings. The number of rotatable bonds is 4. The molecule has 0 bridgehead atoms. The van der Waals surface area contributed by atoms with Crippen LogP contribution in [0.1, 0.15) is 13.8 Å². The molecule has 5 nitrogen and oxygen atoms in total.